The molecular formula is C23H19FN4O5. The van der Waals surface area contributed by atoms with E-state index in [1.54, 1.807) is 6.92 Å². The van der Waals surface area contributed by atoms with Gasteiger partial charge >= 0.3 is 0 Å². The fourth-order valence-corrected chi connectivity index (χ4v) is 6.42. The van der Waals surface area contributed by atoms with Gasteiger partial charge in [0.15, 0.2) is 0 Å². The molecule has 10 heteroatoms. The van der Waals surface area contributed by atoms with Gasteiger partial charge in [-0.2, -0.15) is 0 Å². The maximum Gasteiger partial charge on any atom is 0.269 e. The summed E-state index contributed by atoms with van der Waals surface area (Å²) in [6.45, 7) is 2.12. The Kier molecular flexibility index (Phi) is 3.90. The van der Waals surface area contributed by atoms with E-state index in [0.717, 1.165) is 11.3 Å². The van der Waals surface area contributed by atoms with Gasteiger partial charge in [0.1, 0.15) is 11.4 Å². The molecule has 4 aliphatic heterocycles. The molecule has 4 aliphatic rings. The Labute approximate surface area is 187 Å². The number of fused-ring (bicyclic) bond motifs is 7. The van der Waals surface area contributed by atoms with Gasteiger partial charge in [-0.05, 0) is 56.1 Å². The van der Waals surface area contributed by atoms with Gasteiger partial charge in [-0.15, -0.1) is 0 Å². The number of non-ortho nitro benzene ring substituents is 1. The number of benzene rings is 2. The van der Waals surface area contributed by atoms with Gasteiger partial charge in [0.05, 0.1) is 22.4 Å². The molecule has 168 valence electrons. The molecule has 0 radical (unpaired) electrons. The standard InChI is InChI=1S/C23H19FN4O5/c1-11-9-13(28(32)33)5-7-16(11)27-20(29)18-17-3-2-8-26(17)23(19(18)21(27)30)14-10-12(24)4-6-15(14)25-22(23)31/h4-7,9-10,17-19H,2-3,8H2,1H3,(H,25,31)/t17-,18+,19-,23-/m0/s1. The van der Waals surface area contributed by atoms with Crippen LogP contribution in [-0.4, -0.2) is 40.1 Å². The number of anilines is 2. The van der Waals surface area contributed by atoms with Crippen molar-refractivity contribution in [2.24, 2.45) is 11.8 Å². The number of halogens is 1. The average molecular weight is 450 g/mol. The van der Waals surface area contributed by atoms with Gasteiger partial charge in [-0.25, -0.2) is 9.29 Å². The lowest BCUT2D eigenvalue weighted by atomic mass is 9.75. The third-order valence-electron chi connectivity index (χ3n) is 7.59. The van der Waals surface area contributed by atoms with Crippen LogP contribution in [0.15, 0.2) is 36.4 Å². The van der Waals surface area contributed by atoms with E-state index in [1.165, 1.54) is 36.4 Å². The monoisotopic (exact) mass is 450 g/mol. The summed E-state index contributed by atoms with van der Waals surface area (Å²) in [5, 5.41) is 13.9. The molecule has 1 spiro atoms. The van der Waals surface area contributed by atoms with Crippen molar-refractivity contribution in [2.75, 3.05) is 16.8 Å². The fourth-order valence-electron chi connectivity index (χ4n) is 6.42. The van der Waals surface area contributed by atoms with Crippen molar-refractivity contribution in [3.8, 4) is 0 Å². The zero-order chi connectivity index (χ0) is 23.2. The quantitative estimate of drug-likeness (QED) is 0.427. The molecule has 0 unspecified atom stereocenters. The molecule has 1 N–H and O–H groups in total. The van der Waals surface area contributed by atoms with Crippen LogP contribution in [0.3, 0.4) is 0 Å². The first-order chi connectivity index (χ1) is 15.8. The number of carbonyl (C=O) groups excluding carboxylic acids is 3. The second kappa shape index (κ2) is 6.44. The van der Waals surface area contributed by atoms with Crippen molar-refractivity contribution in [3.63, 3.8) is 0 Å². The Morgan fingerprint density at radius 2 is 1.94 bits per heavy atom. The summed E-state index contributed by atoms with van der Waals surface area (Å²) in [5.74, 6) is -3.67. The summed E-state index contributed by atoms with van der Waals surface area (Å²) in [5.41, 5.74) is -0.103. The topological polar surface area (TPSA) is 113 Å². The molecule has 6 rings (SSSR count). The lowest BCUT2D eigenvalue weighted by molar-refractivity contribution is -0.384. The number of hydrogen-bond donors (Lipinski definition) is 1. The van der Waals surface area contributed by atoms with Crippen LogP contribution in [0.4, 0.5) is 21.5 Å². The van der Waals surface area contributed by atoms with E-state index in [9.17, 15) is 28.9 Å². The summed E-state index contributed by atoms with van der Waals surface area (Å²) < 4.78 is 14.3. The van der Waals surface area contributed by atoms with E-state index in [0.29, 0.717) is 29.8 Å². The molecule has 4 atom stereocenters. The minimum atomic E-state index is -1.46. The van der Waals surface area contributed by atoms with Crippen molar-refractivity contribution in [1.29, 1.82) is 0 Å². The normalized spacial score (nSPS) is 30.1. The first kappa shape index (κ1) is 20.0. The number of nitrogens with zero attached hydrogens (tertiary/aromatic N) is 3. The largest absolute Gasteiger partial charge is 0.324 e. The van der Waals surface area contributed by atoms with E-state index in [2.05, 4.69) is 5.32 Å². The predicted octanol–water partition coefficient (Wildman–Crippen LogP) is 2.47. The van der Waals surface area contributed by atoms with Crippen LogP contribution in [0.1, 0.15) is 24.0 Å². The minimum Gasteiger partial charge on any atom is -0.324 e. The molecule has 4 heterocycles. The molecule has 3 fully saturated rings. The molecule has 0 bridgehead atoms. The number of carbonyl (C=O) groups is 3. The van der Waals surface area contributed by atoms with Crippen molar-refractivity contribution < 1.29 is 23.7 Å². The van der Waals surface area contributed by atoms with E-state index in [1.807, 2.05) is 4.90 Å². The van der Waals surface area contributed by atoms with Gasteiger partial charge < -0.3 is 5.32 Å². The number of nitrogens with one attached hydrogen (secondary N) is 1. The van der Waals surface area contributed by atoms with E-state index in [4.69, 9.17) is 0 Å². The molecule has 2 aromatic rings. The van der Waals surface area contributed by atoms with Gasteiger partial charge in [-0.3, -0.25) is 29.4 Å². The average Bonchev–Trinajstić information content (AvgIpc) is 3.47. The number of rotatable bonds is 2. The summed E-state index contributed by atoms with van der Waals surface area (Å²) >= 11 is 0. The van der Waals surface area contributed by atoms with Crippen molar-refractivity contribution >= 4 is 34.8 Å². The zero-order valence-electron chi connectivity index (χ0n) is 17.6. The van der Waals surface area contributed by atoms with Crippen LogP contribution in [0.25, 0.3) is 0 Å². The SMILES string of the molecule is Cc1cc([N+](=O)[O-])ccc1N1C(=O)[C@H]2[C@@H](C1=O)[C@@]1(C(=O)Nc3ccc(F)cc31)N1CCC[C@@H]21. The van der Waals surface area contributed by atoms with Gasteiger partial charge in [0.2, 0.25) is 17.7 Å². The second-order valence-corrected chi connectivity index (χ2v) is 9.06. The molecule has 0 aliphatic carbocycles. The lowest BCUT2D eigenvalue weighted by Gasteiger charge is -2.36. The van der Waals surface area contributed by atoms with Crippen LogP contribution in [-0.2, 0) is 19.9 Å². The van der Waals surface area contributed by atoms with Crippen molar-refractivity contribution in [1.82, 2.24) is 4.90 Å². The van der Waals surface area contributed by atoms with Crippen LogP contribution in [0.5, 0.6) is 0 Å². The number of amides is 3. The Bertz CT molecular complexity index is 1300. The lowest BCUT2D eigenvalue weighted by Crippen LogP contribution is -2.54. The van der Waals surface area contributed by atoms with Crippen LogP contribution < -0.4 is 10.2 Å². The number of aryl methyl sites for hydroxylation is 1. The van der Waals surface area contributed by atoms with Crippen LogP contribution in [0.2, 0.25) is 0 Å². The summed E-state index contributed by atoms with van der Waals surface area (Å²) in [7, 11) is 0. The highest BCUT2D eigenvalue weighted by atomic mass is 19.1. The molecule has 3 saturated heterocycles. The van der Waals surface area contributed by atoms with E-state index >= 15 is 0 Å². The molecule has 0 saturated carbocycles. The highest BCUT2D eigenvalue weighted by molar-refractivity contribution is 6.26. The predicted molar refractivity (Wildman–Crippen MR) is 114 cm³/mol. The maximum absolute atomic E-state index is 14.3. The molecular weight excluding hydrogens is 431 g/mol. The molecule has 33 heavy (non-hydrogen) atoms. The highest BCUT2D eigenvalue weighted by Crippen LogP contribution is 2.60. The van der Waals surface area contributed by atoms with E-state index < -0.39 is 45.8 Å². The van der Waals surface area contributed by atoms with Crippen LogP contribution >= 0.6 is 0 Å². The Balaban J connectivity index is 1.53. The third-order valence-corrected chi connectivity index (χ3v) is 7.59. The Hall–Kier alpha value is -3.66. The first-order valence-electron chi connectivity index (χ1n) is 10.8. The third kappa shape index (κ3) is 2.31. The van der Waals surface area contributed by atoms with Gasteiger partial charge in [-0.1, -0.05) is 0 Å². The second-order valence-electron chi connectivity index (χ2n) is 9.06. The van der Waals surface area contributed by atoms with Gasteiger partial charge in [0, 0.05) is 29.4 Å². The summed E-state index contributed by atoms with van der Waals surface area (Å²) in [6, 6.07) is 7.65. The number of hydrogen-bond acceptors (Lipinski definition) is 6. The Morgan fingerprint density at radius 1 is 1.15 bits per heavy atom. The molecule has 3 amide bonds. The van der Waals surface area contributed by atoms with Crippen LogP contribution in [0, 0.1) is 34.7 Å². The van der Waals surface area contributed by atoms with Gasteiger partial charge in [0.25, 0.3) is 5.69 Å². The number of nitro groups is 1. The zero-order valence-corrected chi connectivity index (χ0v) is 17.6. The summed E-state index contributed by atoms with van der Waals surface area (Å²) in [6.07, 6.45) is 1.40. The van der Waals surface area contributed by atoms with E-state index in [-0.39, 0.29) is 17.4 Å². The fraction of sp³-hybridized carbons (Fsp3) is 0.348. The first-order valence-corrected chi connectivity index (χ1v) is 10.8. The van der Waals surface area contributed by atoms with Crippen molar-refractivity contribution in [3.05, 3.63) is 63.5 Å². The smallest absolute Gasteiger partial charge is 0.269 e. The number of nitro benzene ring substituents is 1. The minimum absolute atomic E-state index is 0.145. The highest BCUT2D eigenvalue weighted by Gasteiger charge is 2.74. The maximum atomic E-state index is 14.3. The molecule has 2 aromatic carbocycles. The molecule has 9 nitrogen and oxygen atoms in total. The Morgan fingerprint density at radius 3 is 2.67 bits per heavy atom. The molecule has 0 aromatic heterocycles. The van der Waals surface area contributed by atoms with Crippen molar-refractivity contribution in [2.45, 2.75) is 31.3 Å². The summed E-state index contributed by atoms with van der Waals surface area (Å²) in [4.78, 5) is 54.6. The number of imide groups is 1.